The van der Waals surface area contributed by atoms with E-state index in [-0.39, 0.29) is 0 Å². The van der Waals surface area contributed by atoms with E-state index in [1.165, 1.54) is 0 Å². The van der Waals surface area contributed by atoms with Crippen molar-refractivity contribution in [3.63, 3.8) is 0 Å². The van der Waals surface area contributed by atoms with E-state index >= 15 is 0 Å². The number of nitrogens with zero attached hydrogens (tertiary/aromatic N) is 1. The molecular weight excluding hydrogens is 174 g/mol. The quantitative estimate of drug-likeness (QED) is 0.733. The van der Waals surface area contributed by atoms with Crippen molar-refractivity contribution in [1.82, 2.24) is 4.98 Å². The topological polar surface area (TPSA) is 22.1 Å². The van der Waals surface area contributed by atoms with Crippen LogP contribution in [0, 0.1) is 12.8 Å². The molecule has 0 bridgehead atoms. The van der Waals surface area contributed by atoms with Crippen LogP contribution in [0.4, 0.5) is 0 Å². The molecule has 1 atom stereocenters. The molecule has 0 aliphatic heterocycles. The maximum absolute atomic E-state index is 5.22. The Bertz CT molecular complexity index is 283. The molecule has 0 spiro atoms. The van der Waals surface area contributed by atoms with Gasteiger partial charge in [0.25, 0.3) is 0 Å². The monoisotopic (exact) mass is 193 g/mol. The van der Waals surface area contributed by atoms with E-state index in [9.17, 15) is 0 Å². The Morgan fingerprint density at radius 1 is 1.36 bits per heavy atom. The highest BCUT2D eigenvalue weighted by Gasteiger charge is 2.16. The Balaban J connectivity index is 2.87. The SMILES string of the molecule is COCC(c1cccc(C)n1)C(C)C. The zero-order chi connectivity index (χ0) is 10.6. The zero-order valence-corrected chi connectivity index (χ0v) is 9.45. The van der Waals surface area contributed by atoms with E-state index < -0.39 is 0 Å². The van der Waals surface area contributed by atoms with E-state index in [2.05, 4.69) is 31.0 Å². The first-order valence-corrected chi connectivity index (χ1v) is 5.07. The molecular formula is C12H19NO. The van der Waals surface area contributed by atoms with Crippen molar-refractivity contribution in [2.24, 2.45) is 5.92 Å². The predicted molar refractivity (Wildman–Crippen MR) is 58.4 cm³/mol. The minimum Gasteiger partial charge on any atom is -0.384 e. The number of aromatic nitrogens is 1. The summed E-state index contributed by atoms with van der Waals surface area (Å²) in [5.74, 6) is 0.962. The van der Waals surface area contributed by atoms with Crippen molar-refractivity contribution in [2.45, 2.75) is 26.7 Å². The van der Waals surface area contributed by atoms with Crippen molar-refractivity contribution in [1.29, 1.82) is 0 Å². The van der Waals surface area contributed by atoms with Gasteiger partial charge in [-0.3, -0.25) is 4.98 Å². The highest BCUT2D eigenvalue weighted by Crippen LogP contribution is 2.22. The lowest BCUT2D eigenvalue weighted by molar-refractivity contribution is 0.161. The number of pyridine rings is 1. The van der Waals surface area contributed by atoms with Crippen LogP contribution in [0.2, 0.25) is 0 Å². The summed E-state index contributed by atoms with van der Waals surface area (Å²) in [6.07, 6.45) is 0. The first kappa shape index (κ1) is 11.2. The molecule has 0 aliphatic carbocycles. The molecule has 78 valence electrons. The van der Waals surface area contributed by atoms with Crippen molar-refractivity contribution < 1.29 is 4.74 Å². The average molecular weight is 193 g/mol. The molecule has 0 amide bonds. The molecule has 1 unspecified atom stereocenters. The second-order valence-corrected chi connectivity index (χ2v) is 4.01. The van der Waals surface area contributed by atoms with Crippen LogP contribution >= 0.6 is 0 Å². The standard InChI is InChI=1S/C12H19NO/c1-9(2)11(8-14-4)12-7-5-6-10(3)13-12/h5-7,9,11H,8H2,1-4H3. The lowest BCUT2D eigenvalue weighted by atomic mass is 9.93. The maximum Gasteiger partial charge on any atom is 0.0548 e. The van der Waals surface area contributed by atoms with Gasteiger partial charge >= 0.3 is 0 Å². The van der Waals surface area contributed by atoms with E-state index in [4.69, 9.17) is 4.74 Å². The Kier molecular flexibility index (Phi) is 4.08. The van der Waals surface area contributed by atoms with Crippen LogP contribution in [0.3, 0.4) is 0 Å². The molecule has 2 heteroatoms. The molecule has 1 aromatic rings. The summed E-state index contributed by atoms with van der Waals surface area (Å²) in [5, 5.41) is 0. The van der Waals surface area contributed by atoms with Gasteiger partial charge in [0.15, 0.2) is 0 Å². The highest BCUT2D eigenvalue weighted by atomic mass is 16.5. The van der Waals surface area contributed by atoms with Crippen LogP contribution in [0.25, 0.3) is 0 Å². The van der Waals surface area contributed by atoms with E-state index in [1.807, 2.05) is 13.0 Å². The molecule has 2 nitrogen and oxygen atoms in total. The molecule has 0 aliphatic rings. The Labute approximate surface area is 86.3 Å². The zero-order valence-electron chi connectivity index (χ0n) is 9.45. The summed E-state index contributed by atoms with van der Waals surface area (Å²) in [6, 6.07) is 6.16. The second kappa shape index (κ2) is 5.11. The van der Waals surface area contributed by atoms with Crippen molar-refractivity contribution >= 4 is 0 Å². The fraction of sp³-hybridized carbons (Fsp3) is 0.583. The van der Waals surface area contributed by atoms with Gasteiger partial charge in [0.05, 0.1) is 6.61 Å². The molecule has 0 N–H and O–H groups in total. The molecule has 0 saturated carbocycles. The fourth-order valence-electron chi connectivity index (χ4n) is 1.57. The predicted octanol–water partition coefficient (Wildman–Crippen LogP) is 2.78. The summed E-state index contributed by atoms with van der Waals surface area (Å²) in [7, 11) is 1.74. The third kappa shape index (κ3) is 2.81. The molecule has 1 rings (SSSR count). The van der Waals surface area contributed by atoms with Crippen molar-refractivity contribution in [2.75, 3.05) is 13.7 Å². The van der Waals surface area contributed by atoms with Gasteiger partial charge in [-0.2, -0.15) is 0 Å². The number of methoxy groups -OCH3 is 1. The van der Waals surface area contributed by atoms with Crippen LogP contribution in [-0.2, 0) is 4.74 Å². The van der Waals surface area contributed by atoms with Crippen LogP contribution in [0.5, 0.6) is 0 Å². The molecule has 1 aromatic heterocycles. The smallest absolute Gasteiger partial charge is 0.0548 e. The van der Waals surface area contributed by atoms with Gasteiger partial charge in [0, 0.05) is 24.4 Å². The number of rotatable bonds is 4. The minimum atomic E-state index is 0.403. The highest BCUT2D eigenvalue weighted by molar-refractivity contribution is 5.14. The summed E-state index contributed by atoms with van der Waals surface area (Å²) in [5.41, 5.74) is 2.21. The molecule has 1 heterocycles. The van der Waals surface area contributed by atoms with Crippen LogP contribution in [0.15, 0.2) is 18.2 Å². The van der Waals surface area contributed by atoms with Gasteiger partial charge in [0.1, 0.15) is 0 Å². The first-order valence-electron chi connectivity index (χ1n) is 5.07. The molecule has 14 heavy (non-hydrogen) atoms. The number of hydrogen-bond acceptors (Lipinski definition) is 2. The van der Waals surface area contributed by atoms with Gasteiger partial charge in [-0.05, 0) is 25.0 Å². The normalized spacial score (nSPS) is 13.2. The van der Waals surface area contributed by atoms with Crippen molar-refractivity contribution in [3.05, 3.63) is 29.6 Å². The summed E-state index contributed by atoms with van der Waals surface area (Å²) in [4.78, 5) is 4.53. The van der Waals surface area contributed by atoms with Gasteiger partial charge in [-0.1, -0.05) is 19.9 Å². The Hall–Kier alpha value is -0.890. The van der Waals surface area contributed by atoms with E-state index in [0.717, 1.165) is 18.0 Å². The summed E-state index contributed by atoms with van der Waals surface area (Å²) >= 11 is 0. The Morgan fingerprint density at radius 2 is 2.07 bits per heavy atom. The van der Waals surface area contributed by atoms with Gasteiger partial charge < -0.3 is 4.74 Å². The Morgan fingerprint density at radius 3 is 2.57 bits per heavy atom. The first-order chi connectivity index (χ1) is 6.65. The molecule has 0 fully saturated rings. The van der Waals surface area contributed by atoms with Gasteiger partial charge in [-0.15, -0.1) is 0 Å². The van der Waals surface area contributed by atoms with Gasteiger partial charge in [0.2, 0.25) is 0 Å². The minimum absolute atomic E-state index is 0.403. The van der Waals surface area contributed by atoms with Crippen molar-refractivity contribution in [3.8, 4) is 0 Å². The molecule has 0 radical (unpaired) electrons. The largest absolute Gasteiger partial charge is 0.384 e. The molecule has 0 aromatic carbocycles. The number of hydrogen-bond donors (Lipinski definition) is 0. The van der Waals surface area contributed by atoms with Crippen LogP contribution < -0.4 is 0 Å². The van der Waals surface area contributed by atoms with E-state index in [1.54, 1.807) is 7.11 Å². The van der Waals surface area contributed by atoms with Crippen LogP contribution in [0.1, 0.15) is 31.2 Å². The average Bonchev–Trinajstić information content (AvgIpc) is 2.13. The van der Waals surface area contributed by atoms with Crippen LogP contribution in [-0.4, -0.2) is 18.7 Å². The maximum atomic E-state index is 5.22. The third-order valence-electron chi connectivity index (χ3n) is 2.44. The second-order valence-electron chi connectivity index (χ2n) is 4.01. The lowest BCUT2D eigenvalue weighted by Gasteiger charge is -2.19. The van der Waals surface area contributed by atoms with E-state index in [0.29, 0.717) is 11.8 Å². The van der Waals surface area contributed by atoms with Gasteiger partial charge in [-0.25, -0.2) is 0 Å². The lowest BCUT2D eigenvalue weighted by Crippen LogP contribution is -2.14. The summed E-state index contributed by atoms with van der Waals surface area (Å²) in [6.45, 7) is 7.17. The summed E-state index contributed by atoms with van der Waals surface area (Å²) < 4.78 is 5.22. The fourth-order valence-corrected chi connectivity index (χ4v) is 1.57. The number of aryl methyl sites for hydroxylation is 1. The number of ether oxygens (including phenoxy) is 1. The molecule has 0 saturated heterocycles. The third-order valence-corrected chi connectivity index (χ3v) is 2.44.